The van der Waals surface area contributed by atoms with E-state index in [1.54, 1.807) is 6.20 Å². The molecule has 1 aliphatic rings. The molecular weight excluding hydrogens is 330 g/mol. The number of amides is 2. The van der Waals surface area contributed by atoms with Crippen molar-refractivity contribution in [2.24, 2.45) is 0 Å². The first kappa shape index (κ1) is 16.5. The van der Waals surface area contributed by atoms with Gasteiger partial charge in [-0.05, 0) is 18.1 Å². The number of nitrogens with one attached hydrogen (secondary N) is 3. The van der Waals surface area contributed by atoms with E-state index >= 15 is 0 Å². The molecule has 0 aliphatic carbocycles. The molecule has 0 radical (unpaired) electrons. The Morgan fingerprint density at radius 1 is 1.21 bits per heavy atom. The van der Waals surface area contributed by atoms with Gasteiger partial charge in [-0.3, -0.25) is 9.59 Å². The van der Waals surface area contributed by atoms with Crippen molar-refractivity contribution in [2.45, 2.75) is 18.9 Å². The van der Waals surface area contributed by atoms with E-state index in [0.29, 0.717) is 6.42 Å². The van der Waals surface area contributed by atoms with Crippen molar-refractivity contribution in [1.82, 2.24) is 15.6 Å². The number of aromatic amines is 1. The molecule has 1 atom stereocenters. The average Bonchev–Trinajstić information content (AvgIpc) is 3.09. The lowest BCUT2D eigenvalue weighted by Gasteiger charge is -2.11. The number of benzene rings is 1. The Kier molecular flexibility index (Phi) is 4.57. The monoisotopic (exact) mass is 349 g/mol. The lowest BCUT2D eigenvalue weighted by atomic mass is 10.1. The van der Waals surface area contributed by atoms with Crippen LogP contribution < -0.4 is 10.6 Å². The number of hydrogen-bond donors (Lipinski definition) is 3. The lowest BCUT2D eigenvalue weighted by molar-refractivity contribution is -0.126. The fraction of sp³-hybridized carbons (Fsp3) is 0.375. The summed E-state index contributed by atoms with van der Waals surface area (Å²) in [7, 11) is -3.03. The molecule has 1 aromatic carbocycles. The van der Waals surface area contributed by atoms with Crippen molar-refractivity contribution < 1.29 is 18.0 Å². The zero-order valence-electron chi connectivity index (χ0n) is 13.0. The van der Waals surface area contributed by atoms with Crippen LogP contribution in [0.5, 0.6) is 0 Å². The van der Waals surface area contributed by atoms with Crippen LogP contribution in [-0.2, 0) is 25.8 Å². The molecule has 1 unspecified atom stereocenters. The number of hydrogen-bond acceptors (Lipinski definition) is 4. The number of carbonyl (C=O) groups excluding carboxylic acids is 2. The number of carbonyl (C=O) groups is 2. The van der Waals surface area contributed by atoms with Gasteiger partial charge >= 0.3 is 0 Å². The molecule has 2 amide bonds. The maximum absolute atomic E-state index is 12.0. The van der Waals surface area contributed by atoms with Gasteiger partial charge in [-0.25, -0.2) is 8.42 Å². The molecule has 128 valence electrons. The van der Waals surface area contributed by atoms with E-state index < -0.39 is 9.84 Å². The number of para-hydroxylation sites is 1. The fourth-order valence-corrected chi connectivity index (χ4v) is 4.55. The predicted octanol–water partition coefficient (Wildman–Crippen LogP) is 0.130. The summed E-state index contributed by atoms with van der Waals surface area (Å²) in [5.41, 5.74) is 1.82. The number of fused-ring (bicyclic) bond motifs is 1. The Morgan fingerprint density at radius 3 is 2.75 bits per heavy atom. The summed E-state index contributed by atoms with van der Waals surface area (Å²) >= 11 is 0. The summed E-state index contributed by atoms with van der Waals surface area (Å²) in [5, 5.41) is 6.18. The van der Waals surface area contributed by atoms with E-state index in [4.69, 9.17) is 0 Å². The summed E-state index contributed by atoms with van der Waals surface area (Å²) < 4.78 is 22.7. The van der Waals surface area contributed by atoms with Gasteiger partial charge in [0, 0.05) is 23.1 Å². The standard InChI is InChI=1S/C16H19N3O4S/c20-15(7-11-8-17-14-4-2-1-3-13(11)14)18-9-16(21)19-12-5-6-24(22,23)10-12/h1-4,8,12,17H,5-7,9-10H2,(H,18,20)(H,19,21). The predicted molar refractivity (Wildman–Crippen MR) is 90.2 cm³/mol. The maximum atomic E-state index is 12.0. The van der Waals surface area contributed by atoms with E-state index in [-0.39, 0.29) is 42.3 Å². The molecular formula is C16H19N3O4S. The third-order valence-electron chi connectivity index (χ3n) is 4.07. The molecule has 3 rings (SSSR count). The van der Waals surface area contributed by atoms with Crippen LogP contribution in [0.25, 0.3) is 10.9 Å². The molecule has 7 nitrogen and oxygen atoms in total. The summed E-state index contributed by atoms with van der Waals surface area (Å²) in [6, 6.07) is 7.33. The first-order valence-corrected chi connectivity index (χ1v) is 9.56. The molecule has 24 heavy (non-hydrogen) atoms. The number of H-pyrrole nitrogens is 1. The zero-order valence-corrected chi connectivity index (χ0v) is 13.9. The number of rotatable bonds is 5. The van der Waals surface area contributed by atoms with Gasteiger partial charge in [-0.15, -0.1) is 0 Å². The number of aromatic nitrogens is 1. The Bertz CT molecular complexity index is 872. The van der Waals surface area contributed by atoms with E-state index in [1.807, 2.05) is 24.3 Å². The SMILES string of the molecule is O=C(Cc1c[nH]c2ccccc12)NCC(=O)NC1CCS(=O)(=O)C1. The van der Waals surface area contributed by atoms with Crippen LogP contribution >= 0.6 is 0 Å². The van der Waals surface area contributed by atoms with Gasteiger partial charge in [-0.1, -0.05) is 18.2 Å². The highest BCUT2D eigenvalue weighted by Gasteiger charge is 2.28. The van der Waals surface area contributed by atoms with Crippen LogP contribution in [0.1, 0.15) is 12.0 Å². The van der Waals surface area contributed by atoms with Gasteiger partial charge in [0.05, 0.1) is 24.5 Å². The minimum atomic E-state index is -3.03. The van der Waals surface area contributed by atoms with Gasteiger partial charge in [0.15, 0.2) is 9.84 Å². The van der Waals surface area contributed by atoms with Crippen molar-refractivity contribution in [3.8, 4) is 0 Å². The second kappa shape index (κ2) is 6.64. The van der Waals surface area contributed by atoms with Crippen molar-refractivity contribution in [2.75, 3.05) is 18.1 Å². The van der Waals surface area contributed by atoms with Gasteiger partial charge in [-0.2, -0.15) is 0 Å². The Labute approximate surface area is 139 Å². The summed E-state index contributed by atoms with van der Waals surface area (Å²) in [6.45, 7) is -0.155. The third kappa shape index (κ3) is 3.94. The Morgan fingerprint density at radius 2 is 2.00 bits per heavy atom. The molecule has 0 bridgehead atoms. The van der Waals surface area contributed by atoms with Crippen molar-refractivity contribution in [1.29, 1.82) is 0 Å². The smallest absolute Gasteiger partial charge is 0.239 e. The highest BCUT2D eigenvalue weighted by atomic mass is 32.2. The van der Waals surface area contributed by atoms with Crippen LogP contribution in [0, 0.1) is 0 Å². The molecule has 1 aliphatic heterocycles. The average molecular weight is 349 g/mol. The first-order valence-electron chi connectivity index (χ1n) is 7.74. The minimum Gasteiger partial charge on any atom is -0.361 e. The highest BCUT2D eigenvalue weighted by Crippen LogP contribution is 2.17. The Balaban J connectivity index is 1.48. The second-order valence-electron chi connectivity index (χ2n) is 5.98. The maximum Gasteiger partial charge on any atom is 0.239 e. The van der Waals surface area contributed by atoms with E-state index in [1.165, 1.54) is 0 Å². The van der Waals surface area contributed by atoms with Crippen molar-refractivity contribution in [3.05, 3.63) is 36.0 Å². The molecule has 1 saturated heterocycles. The summed E-state index contributed by atoms with van der Waals surface area (Å²) in [4.78, 5) is 26.9. The molecule has 2 heterocycles. The van der Waals surface area contributed by atoms with Crippen LogP contribution in [0.2, 0.25) is 0 Å². The fourth-order valence-electron chi connectivity index (χ4n) is 2.88. The molecule has 3 N–H and O–H groups in total. The Hall–Kier alpha value is -2.35. The molecule has 2 aromatic rings. The second-order valence-corrected chi connectivity index (χ2v) is 8.21. The molecule has 0 spiro atoms. The normalized spacial score (nSPS) is 19.2. The zero-order chi connectivity index (χ0) is 17.2. The minimum absolute atomic E-state index is 0.0258. The van der Waals surface area contributed by atoms with Gasteiger partial charge in [0.2, 0.25) is 11.8 Å². The van der Waals surface area contributed by atoms with E-state index in [2.05, 4.69) is 15.6 Å². The number of sulfone groups is 1. The van der Waals surface area contributed by atoms with E-state index in [9.17, 15) is 18.0 Å². The van der Waals surface area contributed by atoms with Crippen LogP contribution in [0.4, 0.5) is 0 Å². The quantitative estimate of drug-likeness (QED) is 0.713. The molecule has 0 saturated carbocycles. The van der Waals surface area contributed by atoms with Crippen LogP contribution in [0.3, 0.4) is 0 Å². The van der Waals surface area contributed by atoms with Crippen molar-refractivity contribution >= 4 is 32.6 Å². The highest BCUT2D eigenvalue weighted by molar-refractivity contribution is 7.91. The summed E-state index contributed by atoms with van der Waals surface area (Å²) in [6.07, 6.45) is 2.39. The molecule has 1 fully saturated rings. The molecule has 1 aromatic heterocycles. The third-order valence-corrected chi connectivity index (χ3v) is 5.84. The largest absolute Gasteiger partial charge is 0.361 e. The van der Waals surface area contributed by atoms with E-state index in [0.717, 1.165) is 16.5 Å². The van der Waals surface area contributed by atoms with Crippen molar-refractivity contribution in [3.63, 3.8) is 0 Å². The van der Waals surface area contributed by atoms with Crippen LogP contribution in [-0.4, -0.2) is 49.3 Å². The van der Waals surface area contributed by atoms with Gasteiger partial charge in [0.25, 0.3) is 0 Å². The van der Waals surface area contributed by atoms with Crippen LogP contribution in [0.15, 0.2) is 30.5 Å². The first-order chi connectivity index (χ1) is 11.4. The molecule has 8 heteroatoms. The van der Waals surface area contributed by atoms with Gasteiger partial charge < -0.3 is 15.6 Å². The lowest BCUT2D eigenvalue weighted by Crippen LogP contribution is -2.42. The topological polar surface area (TPSA) is 108 Å². The summed E-state index contributed by atoms with van der Waals surface area (Å²) in [5.74, 6) is -0.550. The van der Waals surface area contributed by atoms with Gasteiger partial charge in [0.1, 0.15) is 0 Å².